The largest absolute Gasteiger partial charge is 0.536 e. The number of hydrogen-bond acceptors (Lipinski definition) is 9. The molecule has 0 bridgehead atoms. The molecule has 0 saturated heterocycles. The van der Waals surface area contributed by atoms with Crippen LogP contribution in [0.2, 0.25) is 0 Å². The zero-order valence-electron chi connectivity index (χ0n) is 17.5. The Labute approximate surface area is 183 Å². The van der Waals surface area contributed by atoms with Crippen LogP contribution in [-0.2, 0) is 10.1 Å². The van der Waals surface area contributed by atoms with Crippen molar-refractivity contribution in [2.75, 3.05) is 28.4 Å². The van der Waals surface area contributed by atoms with Crippen molar-refractivity contribution in [3.05, 3.63) is 45.0 Å². The number of rotatable bonds is 6. The normalized spacial score (nSPS) is 12.0. The second kappa shape index (κ2) is 8.35. The maximum atomic E-state index is 13.1. The third-order valence-electron chi connectivity index (χ3n) is 4.62. The molecule has 178 valence electrons. The summed E-state index contributed by atoms with van der Waals surface area (Å²) in [6.07, 6.45) is 0. The van der Waals surface area contributed by atoms with Crippen LogP contribution >= 0.6 is 0 Å². The Bertz CT molecular complexity index is 1390. The lowest BCUT2D eigenvalue weighted by Crippen LogP contribution is -2.43. The van der Waals surface area contributed by atoms with Gasteiger partial charge >= 0.3 is 15.6 Å². The smallest absolute Gasteiger partial charge is 0.493 e. The highest BCUT2D eigenvalue weighted by Gasteiger charge is 2.49. The molecule has 0 aliphatic heterocycles. The molecule has 2 aromatic carbocycles. The Morgan fingerprint density at radius 1 is 0.667 bits per heavy atom. The molecule has 0 aliphatic rings. The first-order valence-electron chi connectivity index (χ1n) is 8.82. The van der Waals surface area contributed by atoms with Crippen LogP contribution in [-0.4, -0.2) is 47.1 Å². The SMILES string of the molecule is COc1cc2c(=O)n(OS(=O)(=O)C(F)(F)F)c(=O)c3cc(OC)c(OC)cc3c2cc1OC. The van der Waals surface area contributed by atoms with Crippen LogP contribution in [0.4, 0.5) is 13.2 Å². The lowest BCUT2D eigenvalue weighted by Gasteiger charge is -2.10. The van der Waals surface area contributed by atoms with E-state index in [-0.39, 0.29) is 33.8 Å². The van der Waals surface area contributed by atoms with E-state index in [1.165, 1.54) is 40.6 Å². The van der Waals surface area contributed by atoms with E-state index < -0.39 is 42.2 Å². The number of methoxy groups -OCH3 is 4. The van der Waals surface area contributed by atoms with Gasteiger partial charge in [-0.25, -0.2) is 0 Å². The number of hydrogen-bond donors (Lipinski definition) is 0. The van der Waals surface area contributed by atoms with Gasteiger partial charge in [0.1, 0.15) is 0 Å². The molecule has 0 atom stereocenters. The quantitative estimate of drug-likeness (QED) is 0.476. The van der Waals surface area contributed by atoms with E-state index >= 15 is 0 Å². The van der Waals surface area contributed by atoms with Crippen molar-refractivity contribution in [2.24, 2.45) is 0 Å². The number of nitrogens with zero attached hydrogens (tertiary/aromatic N) is 1. The summed E-state index contributed by atoms with van der Waals surface area (Å²) >= 11 is 0. The summed E-state index contributed by atoms with van der Waals surface area (Å²) in [6.45, 7) is 0. The van der Waals surface area contributed by atoms with Gasteiger partial charge in [0.15, 0.2) is 23.0 Å². The number of alkyl halides is 3. The Balaban J connectivity index is 2.65. The van der Waals surface area contributed by atoms with Crippen LogP contribution in [0.3, 0.4) is 0 Å². The molecule has 10 nitrogen and oxygen atoms in total. The minimum absolute atomic E-state index is 0.0115. The average molecular weight is 491 g/mol. The van der Waals surface area contributed by atoms with E-state index in [2.05, 4.69) is 4.28 Å². The number of halogens is 3. The fourth-order valence-corrected chi connectivity index (χ4v) is 3.49. The molecule has 0 radical (unpaired) electrons. The third-order valence-corrected chi connectivity index (χ3v) is 5.54. The molecule has 14 heteroatoms. The Kier molecular flexibility index (Phi) is 6.06. The molecule has 0 amide bonds. The van der Waals surface area contributed by atoms with E-state index in [4.69, 9.17) is 18.9 Å². The number of ether oxygens (including phenoxy) is 4. The van der Waals surface area contributed by atoms with Crippen molar-refractivity contribution in [1.29, 1.82) is 0 Å². The Morgan fingerprint density at radius 2 is 0.970 bits per heavy atom. The molecule has 1 aromatic heterocycles. The standard InChI is InChI=1S/C19H16F3NO9S/c1-28-13-5-9-10-6-14(29-2)16(31-4)8-12(10)18(25)23(32-33(26,27)19(20,21)22)17(24)11(9)7-15(13)30-3/h5-8H,1-4H3. The van der Waals surface area contributed by atoms with Crippen LogP contribution in [0, 0.1) is 0 Å². The predicted octanol–water partition coefficient (Wildman–Crippen LogP) is 1.83. The highest BCUT2D eigenvalue weighted by Crippen LogP contribution is 2.37. The van der Waals surface area contributed by atoms with E-state index in [0.717, 1.165) is 12.1 Å². The fourth-order valence-electron chi connectivity index (χ4n) is 3.08. The number of fused-ring (bicyclic) bond motifs is 3. The molecule has 1 heterocycles. The molecular weight excluding hydrogens is 475 g/mol. The molecular formula is C19H16F3NO9S. The maximum Gasteiger partial charge on any atom is 0.536 e. The molecule has 0 aliphatic carbocycles. The van der Waals surface area contributed by atoms with E-state index in [1.54, 1.807) is 0 Å². The van der Waals surface area contributed by atoms with Crippen molar-refractivity contribution in [1.82, 2.24) is 4.73 Å². The van der Waals surface area contributed by atoms with Gasteiger partial charge in [0, 0.05) is 0 Å². The molecule has 0 N–H and O–H groups in total. The van der Waals surface area contributed by atoms with Crippen LogP contribution in [0.25, 0.3) is 21.5 Å². The Morgan fingerprint density at radius 3 is 1.24 bits per heavy atom. The molecule has 33 heavy (non-hydrogen) atoms. The first kappa shape index (κ1) is 24.0. The Hall–Kier alpha value is -3.68. The predicted molar refractivity (Wildman–Crippen MR) is 110 cm³/mol. The van der Waals surface area contributed by atoms with Crippen molar-refractivity contribution in [3.63, 3.8) is 0 Å². The van der Waals surface area contributed by atoms with Gasteiger partial charge < -0.3 is 18.9 Å². The van der Waals surface area contributed by atoms with E-state index in [9.17, 15) is 31.2 Å². The average Bonchev–Trinajstić information content (AvgIpc) is 2.85. The van der Waals surface area contributed by atoms with Gasteiger partial charge in [-0.2, -0.15) is 21.6 Å². The summed E-state index contributed by atoms with van der Waals surface area (Å²) in [5, 5.41) is -0.774. The van der Waals surface area contributed by atoms with Crippen molar-refractivity contribution in [3.8, 4) is 23.0 Å². The van der Waals surface area contributed by atoms with E-state index in [0.29, 0.717) is 0 Å². The molecule has 3 aromatic rings. The summed E-state index contributed by atoms with van der Waals surface area (Å²) < 4.78 is 86.2. The lowest BCUT2D eigenvalue weighted by molar-refractivity contribution is -0.0551. The number of benzene rings is 2. The minimum Gasteiger partial charge on any atom is -0.493 e. The van der Waals surface area contributed by atoms with Gasteiger partial charge in [-0.3, -0.25) is 13.9 Å². The van der Waals surface area contributed by atoms with Crippen LogP contribution < -0.4 is 34.3 Å². The zero-order chi connectivity index (χ0) is 24.7. The first-order valence-corrected chi connectivity index (χ1v) is 10.2. The summed E-state index contributed by atoms with van der Waals surface area (Å²) in [5.74, 6) is 0.211. The summed E-state index contributed by atoms with van der Waals surface area (Å²) in [5.41, 5.74) is -8.88. The molecule has 0 unspecified atom stereocenters. The molecule has 0 saturated carbocycles. The van der Waals surface area contributed by atoms with Gasteiger partial charge in [0.25, 0.3) is 11.1 Å². The number of aromatic nitrogens is 1. The summed E-state index contributed by atoms with van der Waals surface area (Å²) in [7, 11) is -1.29. The fraction of sp³-hybridized carbons (Fsp3) is 0.263. The van der Waals surface area contributed by atoms with Gasteiger partial charge in [0.2, 0.25) is 0 Å². The highest BCUT2D eigenvalue weighted by atomic mass is 32.2. The van der Waals surface area contributed by atoms with Crippen LogP contribution in [0.15, 0.2) is 33.9 Å². The molecule has 0 fully saturated rings. The third kappa shape index (κ3) is 3.97. The van der Waals surface area contributed by atoms with E-state index in [1.807, 2.05) is 0 Å². The summed E-state index contributed by atoms with van der Waals surface area (Å²) in [6, 6.07) is 4.75. The van der Waals surface area contributed by atoms with Gasteiger partial charge in [-0.1, -0.05) is 4.73 Å². The van der Waals surface area contributed by atoms with Crippen molar-refractivity contribution >= 4 is 31.7 Å². The summed E-state index contributed by atoms with van der Waals surface area (Å²) in [4.78, 5) is 26.2. The molecule has 0 spiro atoms. The monoisotopic (exact) mass is 491 g/mol. The second-order valence-corrected chi connectivity index (χ2v) is 7.90. The topological polar surface area (TPSA) is 119 Å². The van der Waals surface area contributed by atoms with Crippen molar-refractivity contribution in [2.45, 2.75) is 5.51 Å². The van der Waals surface area contributed by atoms with Crippen LogP contribution in [0.1, 0.15) is 0 Å². The first-order chi connectivity index (χ1) is 15.4. The van der Waals surface area contributed by atoms with Gasteiger partial charge in [-0.15, -0.1) is 0 Å². The van der Waals surface area contributed by atoms with Crippen LogP contribution in [0.5, 0.6) is 23.0 Å². The van der Waals surface area contributed by atoms with Gasteiger partial charge in [0.05, 0.1) is 39.2 Å². The highest BCUT2D eigenvalue weighted by molar-refractivity contribution is 7.87. The second-order valence-electron chi connectivity index (χ2n) is 6.38. The van der Waals surface area contributed by atoms with Gasteiger partial charge in [-0.05, 0) is 35.0 Å². The minimum atomic E-state index is -6.37. The molecule has 3 rings (SSSR count). The van der Waals surface area contributed by atoms with Crippen molar-refractivity contribution < 1.29 is 44.8 Å². The maximum absolute atomic E-state index is 13.1. The lowest BCUT2D eigenvalue weighted by atomic mass is 10.1. The zero-order valence-corrected chi connectivity index (χ0v) is 18.3.